The van der Waals surface area contributed by atoms with Gasteiger partial charge in [-0.2, -0.15) is 0 Å². The van der Waals surface area contributed by atoms with Crippen LogP contribution in [0.1, 0.15) is 60.5 Å². The average Bonchev–Trinajstić information content (AvgIpc) is 2.84. The fraction of sp³-hybridized carbons (Fsp3) is 0.609. The molecule has 0 radical (unpaired) electrons. The fourth-order valence-electron chi connectivity index (χ4n) is 3.66. The van der Waals surface area contributed by atoms with Gasteiger partial charge in [-0.25, -0.2) is 9.18 Å². The van der Waals surface area contributed by atoms with Gasteiger partial charge in [-0.1, -0.05) is 26.8 Å². The molecule has 1 N–H and O–H groups in total. The highest BCUT2D eigenvalue weighted by Gasteiger charge is 2.52. The molecule has 3 rings (SSSR count). The topological polar surface area (TPSA) is 50.8 Å². The summed E-state index contributed by atoms with van der Waals surface area (Å²) in [5, 5.41) is 2.76. The van der Waals surface area contributed by atoms with Gasteiger partial charge in [0.2, 0.25) is 0 Å². The van der Waals surface area contributed by atoms with Gasteiger partial charge in [0.25, 0.3) is 0 Å². The van der Waals surface area contributed by atoms with Gasteiger partial charge in [0.05, 0.1) is 16.9 Å². The van der Waals surface area contributed by atoms with Crippen molar-refractivity contribution in [1.29, 1.82) is 0 Å². The molecule has 0 spiro atoms. The van der Waals surface area contributed by atoms with Gasteiger partial charge in [0.1, 0.15) is 5.82 Å². The predicted octanol–water partition coefficient (Wildman–Crippen LogP) is 4.64. The van der Waals surface area contributed by atoms with E-state index in [1.54, 1.807) is 11.0 Å². The number of amides is 2. The summed E-state index contributed by atoms with van der Waals surface area (Å²) in [5.74, 6) is -0.468. The van der Waals surface area contributed by atoms with E-state index in [1.165, 1.54) is 11.6 Å². The van der Waals surface area contributed by atoms with E-state index in [9.17, 15) is 9.18 Å². The molecule has 2 aliphatic rings. The number of halogens is 1. The number of nitrogens with zero attached hydrogens (tertiary/aromatic N) is 1. The Morgan fingerprint density at radius 3 is 2.33 bits per heavy atom. The molecule has 164 valence electrons. The Balaban J connectivity index is 1.80. The smallest absolute Gasteiger partial charge is 0.399 e. The second-order valence-corrected chi connectivity index (χ2v) is 10.4. The predicted molar refractivity (Wildman–Crippen MR) is 120 cm³/mol. The molecule has 2 heterocycles. The number of urea groups is 1. The molecule has 1 saturated heterocycles. The van der Waals surface area contributed by atoms with E-state index in [1.807, 2.05) is 34.6 Å². The van der Waals surface area contributed by atoms with Gasteiger partial charge in [-0.15, -0.1) is 0 Å². The average molecular weight is 416 g/mol. The Hall–Kier alpha value is -1.86. The lowest BCUT2D eigenvalue weighted by Crippen LogP contribution is -2.41. The molecule has 0 aliphatic carbocycles. The summed E-state index contributed by atoms with van der Waals surface area (Å²) in [6.07, 6.45) is 3.00. The molecule has 0 atom stereocenters. The highest BCUT2D eigenvalue weighted by molar-refractivity contribution is 6.62. The standard InChI is InChI=1S/C23H34BFN2O3/c1-15-12-18(25)19(13-17(15)24-29-22(5,6)23(7,8)30-24)26-20(28)27-11-9-10-16(14-27)21(2,3)4/h10,12-13H,9,11,14H2,1-8H3,(H,26,28). The Labute approximate surface area is 180 Å². The normalized spacial score (nSPS) is 20.9. The molecule has 0 saturated carbocycles. The zero-order valence-corrected chi connectivity index (χ0v) is 19.5. The van der Waals surface area contributed by atoms with Crippen LogP contribution in [0.3, 0.4) is 0 Å². The van der Waals surface area contributed by atoms with Gasteiger partial charge in [-0.3, -0.25) is 0 Å². The first-order chi connectivity index (χ1) is 13.7. The van der Waals surface area contributed by atoms with E-state index in [2.05, 4.69) is 32.2 Å². The van der Waals surface area contributed by atoms with Gasteiger partial charge in [-0.05, 0) is 75.2 Å². The molecular weight excluding hydrogens is 382 g/mol. The molecule has 7 heteroatoms. The summed E-state index contributed by atoms with van der Waals surface area (Å²) < 4.78 is 26.9. The van der Waals surface area contributed by atoms with Crippen molar-refractivity contribution in [3.63, 3.8) is 0 Å². The van der Waals surface area contributed by atoms with E-state index in [0.29, 0.717) is 13.1 Å². The van der Waals surface area contributed by atoms with Crippen molar-refractivity contribution >= 4 is 24.3 Å². The molecule has 5 nitrogen and oxygen atoms in total. The van der Waals surface area contributed by atoms with Crippen LogP contribution in [0.15, 0.2) is 23.8 Å². The largest absolute Gasteiger partial charge is 0.495 e. The van der Waals surface area contributed by atoms with Crippen molar-refractivity contribution in [1.82, 2.24) is 4.90 Å². The van der Waals surface area contributed by atoms with E-state index in [4.69, 9.17) is 9.31 Å². The Morgan fingerprint density at radius 1 is 1.17 bits per heavy atom. The molecule has 1 aromatic carbocycles. The zero-order valence-electron chi connectivity index (χ0n) is 19.5. The Morgan fingerprint density at radius 2 is 1.77 bits per heavy atom. The van der Waals surface area contributed by atoms with Crippen LogP contribution < -0.4 is 10.8 Å². The molecule has 30 heavy (non-hydrogen) atoms. The number of benzene rings is 1. The van der Waals surface area contributed by atoms with Crippen LogP contribution in [0, 0.1) is 18.2 Å². The number of hydrogen-bond donors (Lipinski definition) is 1. The lowest BCUT2D eigenvalue weighted by atomic mass is 9.76. The quantitative estimate of drug-likeness (QED) is 0.565. The Kier molecular flexibility index (Phi) is 5.84. The van der Waals surface area contributed by atoms with Crippen LogP contribution >= 0.6 is 0 Å². The summed E-state index contributed by atoms with van der Waals surface area (Å²) in [6, 6.07) is 2.76. The van der Waals surface area contributed by atoms with Crippen molar-refractivity contribution < 1.29 is 18.5 Å². The number of rotatable bonds is 2. The molecule has 2 amide bonds. The van der Waals surface area contributed by atoms with Crippen LogP contribution in [0.2, 0.25) is 0 Å². The van der Waals surface area contributed by atoms with E-state index >= 15 is 0 Å². The van der Waals surface area contributed by atoms with Crippen LogP contribution in [0.25, 0.3) is 0 Å². The van der Waals surface area contributed by atoms with Crippen LogP contribution in [-0.4, -0.2) is 42.3 Å². The summed E-state index contributed by atoms with van der Waals surface area (Å²) in [7, 11) is -0.614. The van der Waals surface area contributed by atoms with Crippen LogP contribution in [0.5, 0.6) is 0 Å². The number of aryl methyl sites for hydroxylation is 1. The minimum absolute atomic E-state index is 0.00200. The Bertz CT molecular complexity index is 858. The third kappa shape index (κ3) is 4.42. The summed E-state index contributed by atoms with van der Waals surface area (Å²) in [6.45, 7) is 17.3. The molecule has 0 bridgehead atoms. The minimum Gasteiger partial charge on any atom is -0.399 e. The summed E-state index contributed by atoms with van der Waals surface area (Å²) >= 11 is 0. The molecule has 1 fully saturated rings. The lowest BCUT2D eigenvalue weighted by Gasteiger charge is -2.33. The zero-order chi connectivity index (χ0) is 22.5. The monoisotopic (exact) mass is 416 g/mol. The number of anilines is 1. The number of carbonyl (C=O) groups excluding carboxylic acids is 1. The van der Waals surface area contributed by atoms with Crippen LogP contribution in [-0.2, 0) is 9.31 Å². The van der Waals surface area contributed by atoms with Crippen molar-refractivity contribution in [3.8, 4) is 0 Å². The van der Waals surface area contributed by atoms with Crippen LogP contribution in [0.4, 0.5) is 14.9 Å². The second kappa shape index (κ2) is 7.68. The molecule has 0 unspecified atom stereocenters. The van der Waals surface area contributed by atoms with Crippen molar-refractivity contribution in [2.75, 3.05) is 18.4 Å². The molecule has 2 aliphatic heterocycles. The van der Waals surface area contributed by atoms with E-state index < -0.39 is 24.1 Å². The van der Waals surface area contributed by atoms with Gasteiger partial charge >= 0.3 is 13.1 Å². The third-order valence-electron chi connectivity index (χ3n) is 6.51. The molecular formula is C23H34BFN2O3. The van der Waals surface area contributed by atoms with E-state index in [0.717, 1.165) is 17.4 Å². The fourth-order valence-corrected chi connectivity index (χ4v) is 3.66. The molecule has 0 aromatic heterocycles. The second-order valence-electron chi connectivity index (χ2n) is 10.4. The first kappa shape index (κ1) is 22.8. The van der Waals surface area contributed by atoms with Gasteiger partial charge in [0.15, 0.2) is 0 Å². The first-order valence-electron chi connectivity index (χ1n) is 10.6. The summed E-state index contributed by atoms with van der Waals surface area (Å²) in [5.41, 5.74) is 1.81. The number of carbonyl (C=O) groups is 1. The lowest BCUT2D eigenvalue weighted by molar-refractivity contribution is 0.00578. The first-order valence-corrected chi connectivity index (χ1v) is 10.6. The summed E-state index contributed by atoms with van der Waals surface area (Å²) in [4.78, 5) is 14.6. The number of hydrogen-bond acceptors (Lipinski definition) is 3. The maximum Gasteiger partial charge on any atom is 0.495 e. The van der Waals surface area contributed by atoms with Crippen molar-refractivity contribution in [2.45, 2.75) is 73.0 Å². The van der Waals surface area contributed by atoms with E-state index in [-0.39, 0.29) is 17.1 Å². The SMILES string of the molecule is Cc1cc(F)c(NC(=O)N2CCC=C(C(C)(C)C)C2)cc1B1OC(C)(C)C(C)(C)O1. The van der Waals surface area contributed by atoms with Gasteiger partial charge in [0, 0.05) is 13.1 Å². The maximum absolute atomic E-state index is 14.7. The maximum atomic E-state index is 14.7. The highest BCUT2D eigenvalue weighted by Crippen LogP contribution is 2.37. The third-order valence-corrected chi connectivity index (χ3v) is 6.51. The number of nitrogens with one attached hydrogen (secondary N) is 1. The molecule has 1 aromatic rings. The highest BCUT2D eigenvalue weighted by atomic mass is 19.1. The van der Waals surface area contributed by atoms with Gasteiger partial charge < -0.3 is 19.5 Å². The van der Waals surface area contributed by atoms with Crippen molar-refractivity contribution in [3.05, 3.63) is 35.2 Å². The minimum atomic E-state index is -0.614. The van der Waals surface area contributed by atoms with Crippen molar-refractivity contribution in [2.24, 2.45) is 5.41 Å².